The first-order valence-corrected chi connectivity index (χ1v) is 3.26. The highest BCUT2D eigenvalue weighted by molar-refractivity contribution is 9.09. The molecule has 0 heterocycles. The molecule has 0 atom stereocenters. The fourth-order valence-electron chi connectivity index (χ4n) is 0.228. The number of carbonyl (C=O) groups is 1. The highest BCUT2D eigenvalue weighted by Gasteiger charge is 2.36. The maximum atomic E-state index is 11.3. The zero-order valence-electron chi connectivity index (χ0n) is 4.33. The summed E-state index contributed by atoms with van der Waals surface area (Å²) in [5.74, 6) is -1.68. The molecule has 0 aliphatic carbocycles. The molecule has 54 valence electrons. The Kier molecular flexibility index (Phi) is 3.17. The van der Waals surface area contributed by atoms with Crippen molar-refractivity contribution >= 4 is 21.7 Å². The Labute approximate surface area is 58.4 Å². The van der Waals surface area contributed by atoms with Gasteiger partial charge in [-0.2, -0.15) is 13.2 Å². The van der Waals surface area contributed by atoms with Gasteiger partial charge in [-0.05, 0) is 0 Å². The Balaban J connectivity index is 3.74. The molecule has 0 spiro atoms. The van der Waals surface area contributed by atoms with E-state index < -0.39 is 18.4 Å². The minimum atomic E-state index is -4.66. The first-order valence-electron chi connectivity index (χ1n) is 2.14. The molecule has 0 aromatic carbocycles. The molecule has 0 bridgehead atoms. The van der Waals surface area contributed by atoms with Crippen molar-refractivity contribution in [2.45, 2.75) is 12.6 Å². The Morgan fingerprint density at radius 1 is 1.44 bits per heavy atom. The number of hydrogen-bond acceptors (Lipinski definition) is 1. The van der Waals surface area contributed by atoms with E-state index in [-0.39, 0.29) is 5.33 Å². The van der Waals surface area contributed by atoms with Crippen LogP contribution in [0.15, 0.2) is 0 Å². The van der Waals surface area contributed by atoms with Gasteiger partial charge in [0.15, 0.2) is 0 Å². The number of carbonyl (C=O) groups excluding carboxylic acids is 1. The Morgan fingerprint density at radius 3 is 2.00 bits per heavy atom. The van der Waals surface area contributed by atoms with Gasteiger partial charge in [-0.3, -0.25) is 4.79 Å². The van der Waals surface area contributed by atoms with Crippen LogP contribution in [0.5, 0.6) is 0 Å². The summed E-state index contributed by atoms with van der Waals surface area (Å²) in [6, 6.07) is 0. The SMILES string of the molecule is O=C(CCBr)C(F)(F)F. The van der Waals surface area contributed by atoms with Crippen molar-refractivity contribution in [2.75, 3.05) is 5.33 Å². The van der Waals surface area contributed by atoms with E-state index in [1.807, 2.05) is 0 Å². The Hall–Kier alpha value is -0.0600. The molecule has 0 aromatic heterocycles. The highest BCUT2D eigenvalue weighted by atomic mass is 79.9. The van der Waals surface area contributed by atoms with Crippen LogP contribution in [0.4, 0.5) is 13.2 Å². The average Bonchev–Trinajstić information content (AvgIpc) is 1.64. The normalized spacial score (nSPS) is 11.6. The van der Waals surface area contributed by atoms with E-state index in [0.717, 1.165) is 0 Å². The van der Waals surface area contributed by atoms with Crippen LogP contribution in [-0.2, 0) is 4.79 Å². The summed E-state index contributed by atoms with van der Waals surface area (Å²) in [4.78, 5) is 9.91. The topological polar surface area (TPSA) is 17.1 Å². The van der Waals surface area contributed by atoms with E-state index in [0.29, 0.717) is 0 Å². The van der Waals surface area contributed by atoms with Crippen LogP contribution in [0.2, 0.25) is 0 Å². The summed E-state index contributed by atoms with van der Waals surface area (Å²) >= 11 is 2.72. The Morgan fingerprint density at radius 2 is 1.89 bits per heavy atom. The van der Waals surface area contributed by atoms with Gasteiger partial charge in [-0.25, -0.2) is 0 Å². The molecular weight excluding hydrogens is 201 g/mol. The van der Waals surface area contributed by atoms with Crippen LogP contribution in [0, 0.1) is 0 Å². The fraction of sp³-hybridized carbons (Fsp3) is 0.750. The van der Waals surface area contributed by atoms with Crippen LogP contribution in [-0.4, -0.2) is 17.3 Å². The second-order valence-electron chi connectivity index (χ2n) is 1.36. The predicted molar refractivity (Wildman–Crippen MR) is 29.5 cm³/mol. The summed E-state index contributed by atoms with van der Waals surface area (Å²) in [6.07, 6.45) is -5.14. The van der Waals surface area contributed by atoms with Gasteiger partial charge in [0.05, 0.1) is 0 Å². The largest absolute Gasteiger partial charge is 0.450 e. The zero-order chi connectivity index (χ0) is 7.49. The fourth-order valence-corrected chi connectivity index (χ4v) is 0.588. The van der Waals surface area contributed by atoms with Gasteiger partial charge in [0.25, 0.3) is 0 Å². The van der Waals surface area contributed by atoms with E-state index in [1.54, 1.807) is 0 Å². The quantitative estimate of drug-likeness (QED) is 0.629. The summed E-state index contributed by atoms with van der Waals surface area (Å²) in [7, 11) is 0. The molecule has 0 rings (SSSR count). The van der Waals surface area contributed by atoms with Crippen molar-refractivity contribution in [3.05, 3.63) is 0 Å². The van der Waals surface area contributed by atoms with E-state index in [2.05, 4.69) is 15.9 Å². The molecule has 1 nitrogen and oxygen atoms in total. The summed E-state index contributed by atoms with van der Waals surface area (Å²) in [5.41, 5.74) is 0. The molecule has 0 aromatic rings. The van der Waals surface area contributed by atoms with Gasteiger partial charge in [-0.1, -0.05) is 15.9 Å². The lowest BCUT2D eigenvalue weighted by molar-refractivity contribution is -0.170. The standard InChI is InChI=1S/C4H4BrF3O/c5-2-1-3(9)4(6,7)8/h1-2H2. The lowest BCUT2D eigenvalue weighted by Crippen LogP contribution is -2.22. The molecule has 0 amide bonds. The van der Waals surface area contributed by atoms with Crippen LogP contribution < -0.4 is 0 Å². The minimum Gasteiger partial charge on any atom is -0.290 e. The summed E-state index contributed by atoms with van der Waals surface area (Å²) < 4.78 is 33.8. The lowest BCUT2D eigenvalue weighted by Gasteiger charge is -2.00. The first kappa shape index (κ1) is 8.94. The third kappa shape index (κ3) is 3.51. The van der Waals surface area contributed by atoms with E-state index >= 15 is 0 Å². The van der Waals surface area contributed by atoms with Crippen LogP contribution in [0.25, 0.3) is 0 Å². The third-order valence-electron chi connectivity index (χ3n) is 0.638. The number of alkyl halides is 4. The molecule has 0 aliphatic rings. The van der Waals surface area contributed by atoms with Gasteiger partial charge >= 0.3 is 6.18 Å². The minimum absolute atomic E-state index is 0.0609. The monoisotopic (exact) mass is 204 g/mol. The number of hydrogen-bond donors (Lipinski definition) is 0. The molecular formula is C4H4BrF3O. The molecule has 0 saturated heterocycles. The summed E-state index contributed by atoms with van der Waals surface area (Å²) in [5, 5.41) is 0.0609. The second-order valence-corrected chi connectivity index (χ2v) is 2.15. The molecule has 0 N–H and O–H groups in total. The molecule has 9 heavy (non-hydrogen) atoms. The molecule has 0 fully saturated rings. The van der Waals surface area contributed by atoms with Gasteiger partial charge in [0.1, 0.15) is 0 Å². The van der Waals surface area contributed by atoms with Crippen LogP contribution in [0.1, 0.15) is 6.42 Å². The Bertz CT molecular complexity index is 109. The van der Waals surface area contributed by atoms with E-state index in [9.17, 15) is 18.0 Å². The van der Waals surface area contributed by atoms with E-state index in [4.69, 9.17) is 0 Å². The molecule has 0 saturated carbocycles. The van der Waals surface area contributed by atoms with Crippen molar-refractivity contribution in [1.29, 1.82) is 0 Å². The number of halogens is 4. The van der Waals surface area contributed by atoms with Gasteiger partial charge in [-0.15, -0.1) is 0 Å². The van der Waals surface area contributed by atoms with Gasteiger partial charge in [0.2, 0.25) is 5.78 Å². The smallest absolute Gasteiger partial charge is 0.290 e. The molecule has 0 radical (unpaired) electrons. The van der Waals surface area contributed by atoms with Crippen molar-refractivity contribution in [1.82, 2.24) is 0 Å². The molecule has 5 heteroatoms. The number of Topliss-reactive ketones (excluding diaryl/α,β-unsaturated/α-hetero) is 1. The zero-order valence-corrected chi connectivity index (χ0v) is 5.92. The maximum Gasteiger partial charge on any atom is 0.450 e. The molecule has 0 aliphatic heterocycles. The van der Waals surface area contributed by atoms with Crippen LogP contribution in [0.3, 0.4) is 0 Å². The van der Waals surface area contributed by atoms with Crippen molar-refractivity contribution < 1.29 is 18.0 Å². The van der Waals surface area contributed by atoms with Crippen molar-refractivity contribution in [3.63, 3.8) is 0 Å². The number of ketones is 1. The van der Waals surface area contributed by atoms with Gasteiger partial charge in [0, 0.05) is 11.8 Å². The number of rotatable bonds is 2. The maximum absolute atomic E-state index is 11.3. The summed E-state index contributed by atoms with van der Waals surface area (Å²) in [6.45, 7) is 0. The van der Waals surface area contributed by atoms with Crippen molar-refractivity contribution in [2.24, 2.45) is 0 Å². The predicted octanol–water partition coefficient (Wildman–Crippen LogP) is 1.90. The van der Waals surface area contributed by atoms with Crippen molar-refractivity contribution in [3.8, 4) is 0 Å². The lowest BCUT2D eigenvalue weighted by atomic mass is 10.3. The second kappa shape index (κ2) is 3.20. The van der Waals surface area contributed by atoms with Crippen LogP contribution >= 0.6 is 15.9 Å². The highest BCUT2D eigenvalue weighted by Crippen LogP contribution is 2.17. The van der Waals surface area contributed by atoms with E-state index in [1.165, 1.54) is 0 Å². The molecule has 0 unspecified atom stereocenters. The average molecular weight is 205 g/mol. The van der Waals surface area contributed by atoms with Gasteiger partial charge < -0.3 is 0 Å². The third-order valence-corrected chi connectivity index (χ3v) is 1.03. The first-order chi connectivity index (χ1) is 3.98.